The summed E-state index contributed by atoms with van der Waals surface area (Å²) in [6, 6.07) is 0.371. The van der Waals surface area contributed by atoms with E-state index in [4.69, 9.17) is 5.11 Å². The van der Waals surface area contributed by atoms with E-state index in [1.165, 1.54) is 25.2 Å². The first-order valence-corrected chi connectivity index (χ1v) is 6.20. The largest absolute Gasteiger partial charge is 0.476 e. The number of hydrogen-bond acceptors (Lipinski definition) is 5. The number of rotatable bonds is 5. The number of likely N-dealkylation sites (tertiary alicyclic amines) is 1. The molecule has 98 valence electrons. The van der Waals surface area contributed by atoms with E-state index >= 15 is 0 Å². The Hall–Kier alpha value is -1.69. The fourth-order valence-electron chi connectivity index (χ4n) is 2.18. The molecule has 1 unspecified atom stereocenters. The number of aromatic carboxylic acids is 1. The Morgan fingerprint density at radius 2 is 2.11 bits per heavy atom. The number of aromatic nitrogens is 2. The van der Waals surface area contributed by atoms with Crippen molar-refractivity contribution in [2.75, 3.05) is 25.0 Å². The molecule has 0 saturated carbocycles. The molecule has 2 rings (SSSR count). The summed E-state index contributed by atoms with van der Waals surface area (Å²) >= 11 is 0. The molecule has 0 radical (unpaired) electrons. The van der Waals surface area contributed by atoms with Crippen LogP contribution in [0, 0.1) is 0 Å². The third kappa shape index (κ3) is 2.95. The van der Waals surface area contributed by atoms with Crippen LogP contribution in [0.1, 0.15) is 30.3 Å². The second-order valence-corrected chi connectivity index (χ2v) is 4.53. The summed E-state index contributed by atoms with van der Waals surface area (Å²) in [5.41, 5.74) is -0.0221. The van der Waals surface area contributed by atoms with E-state index < -0.39 is 5.97 Å². The fourth-order valence-corrected chi connectivity index (χ4v) is 2.18. The summed E-state index contributed by atoms with van der Waals surface area (Å²) in [5, 5.41) is 12.1. The van der Waals surface area contributed by atoms with Crippen LogP contribution in [0.25, 0.3) is 0 Å². The van der Waals surface area contributed by atoms with Gasteiger partial charge in [-0.2, -0.15) is 0 Å². The van der Waals surface area contributed by atoms with Crippen LogP contribution in [0.2, 0.25) is 0 Å². The third-order valence-corrected chi connectivity index (χ3v) is 3.23. The zero-order valence-electron chi connectivity index (χ0n) is 10.5. The van der Waals surface area contributed by atoms with Gasteiger partial charge in [-0.25, -0.2) is 14.8 Å². The Balaban J connectivity index is 1.95. The Labute approximate surface area is 106 Å². The van der Waals surface area contributed by atoms with Crippen molar-refractivity contribution in [2.24, 2.45) is 0 Å². The minimum Gasteiger partial charge on any atom is -0.476 e. The average Bonchev–Trinajstić information content (AvgIpc) is 2.90. The van der Waals surface area contributed by atoms with Crippen molar-refractivity contribution in [1.29, 1.82) is 0 Å². The van der Waals surface area contributed by atoms with E-state index in [-0.39, 0.29) is 5.69 Å². The third-order valence-electron chi connectivity index (χ3n) is 3.23. The van der Waals surface area contributed by atoms with Gasteiger partial charge in [-0.05, 0) is 32.9 Å². The molecule has 0 aliphatic carbocycles. The molecule has 1 fully saturated rings. The van der Waals surface area contributed by atoms with E-state index in [0.29, 0.717) is 18.4 Å². The summed E-state index contributed by atoms with van der Waals surface area (Å²) in [4.78, 5) is 21.2. The predicted molar refractivity (Wildman–Crippen MR) is 67.8 cm³/mol. The Morgan fingerprint density at radius 3 is 2.78 bits per heavy atom. The number of carboxylic acid groups (broad SMARTS) is 1. The number of carbonyl (C=O) groups is 1. The minimum absolute atomic E-state index is 0.0221. The van der Waals surface area contributed by atoms with Crippen LogP contribution in [0.3, 0.4) is 0 Å². The first-order chi connectivity index (χ1) is 8.68. The van der Waals surface area contributed by atoms with Gasteiger partial charge in [-0.1, -0.05) is 0 Å². The van der Waals surface area contributed by atoms with E-state index in [9.17, 15) is 4.79 Å². The van der Waals surface area contributed by atoms with Crippen molar-refractivity contribution < 1.29 is 9.90 Å². The smallest absolute Gasteiger partial charge is 0.358 e. The highest BCUT2D eigenvalue weighted by molar-refractivity contribution is 5.90. The molecule has 0 spiro atoms. The van der Waals surface area contributed by atoms with E-state index in [0.717, 1.165) is 13.1 Å². The van der Waals surface area contributed by atoms with Gasteiger partial charge in [0.2, 0.25) is 0 Å². The second-order valence-electron chi connectivity index (χ2n) is 4.53. The standard InChI is InChI=1S/C12H18N4O2/c1-9(16-6-2-3-7-16)8-15-11-10(12(17)18)13-4-5-14-11/h4-5,9H,2-3,6-8H2,1H3,(H,14,15)(H,17,18). The van der Waals surface area contributed by atoms with Crippen LogP contribution in [-0.4, -0.2) is 51.6 Å². The first-order valence-electron chi connectivity index (χ1n) is 6.20. The van der Waals surface area contributed by atoms with Gasteiger partial charge in [-0.15, -0.1) is 0 Å². The molecule has 2 N–H and O–H groups in total. The maximum Gasteiger partial charge on any atom is 0.358 e. The molecule has 1 saturated heterocycles. The first kappa shape index (κ1) is 12.8. The number of carboxylic acids is 1. The summed E-state index contributed by atoms with van der Waals surface area (Å²) < 4.78 is 0. The number of nitrogens with one attached hydrogen (secondary N) is 1. The van der Waals surface area contributed by atoms with Gasteiger partial charge in [-0.3, -0.25) is 4.90 Å². The molecule has 0 aromatic carbocycles. The van der Waals surface area contributed by atoms with Gasteiger partial charge in [0.05, 0.1) is 0 Å². The van der Waals surface area contributed by atoms with Crippen LogP contribution >= 0.6 is 0 Å². The molecule has 1 aliphatic rings. The van der Waals surface area contributed by atoms with Crippen molar-refractivity contribution in [2.45, 2.75) is 25.8 Å². The van der Waals surface area contributed by atoms with Crippen molar-refractivity contribution >= 4 is 11.8 Å². The van der Waals surface area contributed by atoms with Crippen molar-refractivity contribution in [3.63, 3.8) is 0 Å². The molecule has 2 heterocycles. The quantitative estimate of drug-likeness (QED) is 0.814. The van der Waals surface area contributed by atoms with Gasteiger partial charge in [0.15, 0.2) is 11.5 Å². The molecule has 6 heteroatoms. The summed E-state index contributed by atoms with van der Waals surface area (Å²) in [5.74, 6) is -0.713. The monoisotopic (exact) mass is 250 g/mol. The zero-order valence-corrected chi connectivity index (χ0v) is 10.5. The highest BCUT2D eigenvalue weighted by atomic mass is 16.4. The number of nitrogens with zero attached hydrogens (tertiary/aromatic N) is 3. The topological polar surface area (TPSA) is 78.3 Å². The Bertz CT molecular complexity index is 418. The Kier molecular flexibility index (Phi) is 4.09. The Morgan fingerprint density at radius 1 is 1.44 bits per heavy atom. The number of hydrogen-bond donors (Lipinski definition) is 2. The van der Waals surface area contributed by atoms with Gasteiger partial charge < -0.3 is 10.4 Å². The zero-order chi connectivity index (χ0) is 13.0. The van der Waals surface area contributed by atoms with Gasteiger partial charge >= 0.3 is 5.97 Å². The van der Waals surface area contributed by atoms with Crippen LogP contribution < -0.4 is 5.32 Å². The van der Waals surface area contributed by atoms with Gasteiger partial charge in [0.25, 0.3) is 0 Å². The predicted octanol–water partition coefficient (Wildman–Crippen LogP) is 1.07. The molecule has 0 amide bonds. The molecule has 0 bridgehead atoms. The van der Waals surface area contributed by atoms with Gasteiger partial charge in [0, 0.05) is 25.0 Å². The average molecular weight is 250 g/mol. The van der Waals surface area contributed by atoms with Crippen molar-refractivity contribution in [1.82, 2.24) is 14.9 Å². The van der Waals surface area contributed by atoms with Crippen LogP contribution in [0.5, 0.6) is 0 Å². The summed E-state index contributed by atoms with van der Waals surface area (Å²) in [6.45, 7) is 5.05. The highest BCUT2D eigenvalue weighted by Gasteiger charge is 2.19. The SMILES string of the molecule is CC(CNc1nccnc1C(=O)O)N1CCCC1. The highest BCUT2D eigenvalue weighted by Crippen LogP contribution is 2.13. The summed E-state index contributed by atoms with van der Waals surface area (Å²) in [6.07, 6.45) is 5.37. The molecule has 1 aromatic rings. The van der Waals surface area contributed by atoms with Crippen LogP contribution in [0.15, 0.2) is 12.4 Å². The van der Waals surface area contributed by atoms with Crippen molar-refractivity contribution in [3.8, 4) is 0 Å². The fraction of sp³-hybridized carbons (Fsp3) is 0.583. The lowest BCUT2D eigenvalue weighted by Gasteiger charge is -2.24. The lowest BCUT2D eigenvalue weighted by molar-refractivity contribution is 0.0691. The molecule has 6 nitrogen and oxygen atoms in total. The van der Waals surface area contributed by atoms with E-state index in [2.05, 4.69) is 27.1 Å². The molecule has 1 aromatic heterocycles. The molecule has 1 atom stereocenters. The van der Waals surface area contributed by atoms with E-state index in [1.54, 1.807) is 0 Å². The molecular formula is C12H18N4O2. The molecule has 18 heavy (non-hydrogen) atoms. The maximum atomic E-state index is 11.0. The van der Waals surface area contributed by atoms with Gasteiger partial charge in [0.1, 0.15) is 0 Å². The normalized spacial score (nSPS) is 17.6. The van der Waals surface area contributed by atoms with E-state index in [1.807, 2.05) is 0 Å². The second kappa shape index (κ2) is 5.77. The maximum absolute atomic E-state index is 11.0. The van der Waals surface area contributed by atoms with Crippen molar-refractivity contribution in [3.05, 3.63) is 18.1 Å². The minimum atomic E-state index is -1.06. The lowest BCUT2D eigenvalue weighted by atomic mass is 10.3. The molecular weight excluding hydrogens is 232 g/mol. The number of anilines is 1. The van der Waals surface area contributed by atoms with Crippen LogP contribution in [-0.2, 0) is 0 Å². The molecule has 1 aliphatic heterocycles. The lowest BCUT2D eigenvalue weighted by Crippen LogP contribution is -2.36. The summed E-state index contributed by atoms with van der Waals surface area (Å²) in [7, 11) is 0. The van der Waals surface area contributed by atoms with Crippen LogP contribution in [0.4, 0.5) is 5.82 Å².